The number of carbonyl (C=O) groups is 1. The predicted octanol–water partition coefficient (Wildman–Crippen LogP) is 2.01. The van der Waals surface area contributed by atoms with Crippen LogP contribution in [0.15, 0.2) is 0 Å². The molecule has 0 atom stereocenters. The first-order chi connectivity index (χ1) is 8.99. The smallest absolute Gasteiger partial charge is 0.233 e. The summed E-state index contributed by atoms with van der Waals surface area (Å²) >= 11 is 5.09. The molecule has 5 heteroatoms. The molecule has 0 spiro atoms. The van der Waals surface area contributed by atoms with Crippen molar-refractivity contribution in [3.8, 4) is 0 Å². The summed E-state index contributed by atoms with van der Waals surface area (Å²) in [6.45, 7) is 6.31. The molecule has 0 heterocycles. The minimum Gasteiger partial charge on any atom is -0.392 e. The molecule has 0 aromatic rings. The zero-order valence-corrected chi connectivity index (χ0v) is 12.9. The van der Waals surface area contributed by atoms with Gasteiger partial charge >= 0.3 is 0 Å². The Labute approximate surface area is 121 Å². The quantitative estimate of drug-likeness (QED) is 0.529. The van der Waals surface area contributed by atoms with Crippen molar-refractivity contribution in [2.45, 2.75) is 46.0 Å². The van der Waals surface area contributed by atoms with Crippen molar-refractivity contribution in [3.63, 3.8) is 0 Å². The van der Waals surface area contributed by atoms with E-state index in [2.05, 4.69) is 19.2 Å². The maximum Gasteiger partial charge on any atom is 0.233 e. The van der Waals surface area contributed by atoms with Crippen LogP contribution < -0.4 is 11.1 Å². The standard InChI is InChI=1S/C14H26N2O2S/c1-11(2)10-18-9-5-8-16-13(17)14(12(15)19)6-3-4-7-14/h11H,3-10H2,1-2H3,(H2,15,19)(H,16,17). The van der Waals surface area contributed by atoms with Crippen LogP contribution in [0.25, 0.3) is 0 Å². The number of ether oxygens (including phenoxy) is 1. The third-order valence-corrected chi connectivity index (χ3v) is 3.96. The van der Waals surface area contributed by atoms with Gasteiger partial charge in [0.25, 0.3) is 0 Å². The number of nitrogens with two attached hydrogens (primary N) is 1. The summed E-state index contributed by atoms with van der Waals surface area (Å²) in [6, 6.07) is 0. The second-order valence-electron chi connectivity index (χ2n) is 5.73. The first kappa shape index (κ1) is 16.4. The van der Waals surface area contributed by atoms with E-state index >= 15 is 0 Å². The topological polar surface area (TPSA) is 64.3 Å². The van der Waals surface area contributed by atoms with Gasteiger partial charge in [0.05, 0.1) is 10.4 Å². The predicted molar refractivity (Wildman–Crippen MR) is 81.0 cm³/mol. The van der Waals surface area contributed by atoms with Gasteiger partial charge in [0.15, 0.2) is 0 Å². The van der Waals surface area contributed by atoms with E-state index in [4.69, 9.17) is 22.7 Å². The lowest BCUT2D eigenvalue weighted by molar-refractivity contribution is -0.127. The fourth-order valence-corrected chi connectivity index (χ4v) is 2.73. The van der Waals surface area contributed by atoms with E-state index in [0.29, 0.717) is 24.1 Å². The molecule has 0 saturated heterocycles. The molecule has 1 rings (SSSR count). The fraction of sp³-hybridized carbons (Fsp3) is 0.857. The lowest BCUT2D eigenvalue weighted by atomic mass is 9.85. The highest BCUT2D eigenvalue weighted by Gasteiger charge is 2.43. The Morgan fingerprint density at radius 3 is 2.58 bits per heavy atom. The summed E-state index contributed by atoms with van der Waals surface area (Å²) in [5.41, 5.74) is 5.18. The molecule has 0 aliphatic heterocycles. The van der Waals surface area contributed by atoms with Crippen LogP contribution in [-0.2, 0) is 9.53 Å². The van der Waals surface area contributed by atoms with Gasteiger partial charge in [-0.05, 0) is 25.2 Å². The number of hydrogen-bond donors (Lipinski definition) is 2. The first-order valence-corrected chi connectivity index (χ1v) is 7.56. The molecule has 4 nitrogen and oxygen atoms in total. The number of hydrogen-bond acceptors (Lipinski definition) is 3. The number of rotatable bonds is 8. The molecule has 1 saturated carbocycles. The van der Waals surface area contributed by atoms with Crippen LogP contribution in [0, 0.1) is 11.3 Å². The SMILES string of the molecule is CC(C)COCCCNC(=O)C1(C(N)=S)CCCC1. The van der Waals surface area contributed by atoms with Crippen LogP contribution in [0.1, 0.15) is 46.0 Å². The molecular weight excluding hydrogens is 260 g/mol. The van der Waals surface area contributed by atoms with Crippen LogP contribution in [-0.4, -0.2) is 30.7 Å². The molecule has 1 amide bonds. The van der Waals surface area contributed by atoms with Crippen LogP contribution in [0.2, 0.25) is 0 Å². The van der Waals surface area contributed by atoms with Gasteiger partial charge in [-0.2, -0.15) is 0 Å². The van der Waals surface area contributed by atoms with Gasteiger partial charge in [0, 0.05) is 19.8 Å². The van der Waals surface area contributed by atoms with Crippen molar-refractivity contribution >= 4 is 23.1 Å². The maximum atomic E-state index is 12.2. The molecule has 0 aromatic heterocycles. The Hall–Kier alpha value is -0.680. The fourth-order valence-electron chi connectivity index (χ4n) is 2.43. The van der Waals surface area contributed by atoms with E-state index < -0.39 is 5.41 Å². The summed E-state index contributed by atoms with van der Waals surface area (Å²) in [4.78, 5) is 12.6. The lowest BCUT2D eigenvalue weighted by Gasteiger charge is -2.26. The summed E-state index contributed by atoms with van der Waals surface area (Å²) < 4.78 is 5.47. The van der Waals surface area contributed by atoms with Gasteiger partial charge in [-0.15, -0.1) is 0 Å². The van der Waals surface area contributed by atoms with E-state index in [9.17, 15) is 4.79 Å². The molecular formula is C14H26N2O2S. The average molecular weight is 286 g/mol. The molecule has 1 fully saturated rings. The van der Waals surface area contributed by atoms with Gasteiger partial charge in [0.1, 0.15) is 0 Å². The number of thiocarbonyl (C=S) groups is 1. The Morgan fingerprint density at radius 1 is 1.42 bits per heavy atom. The third-order valence-electron chi connectivity index (χ3n) is 3.57. The van der Waals surface area contributed by atoms with Gasteiger partial charge < -0.3 is 15.8 Å². The summed E-state index contributed by atoms with van der Waals surface area (Å²) in [7, 11) is 0. The highest BCUT2D eigenvalue weighted by molar-refractivity contribution is 7.80. The number of nitrogens with one attached hydrogen (secondary N) is 1. The van der Waals surface area contributed by atoms with E-state index in [-0.39, 0.29) is 5.91 Å². The van der Waals surface area contributed by atoms with Crippen molar-refractivity contribution in [3.05, 3.63) is 0 Å². The molecule has 1 aliphatic rings. The van der Waals surface area contributed by atoms with Crippen molar-refractivity contribution in [1.82, 2.24) is 5.32 Å². The van der Waals surface area contributed by atoms with Crippen molar-refractivity contribution in [2.24, 2.45) is 17.1 Å². The molecule has 1 aliphatic carbocycles. The average Bonchev–Trinajstić information content (AvgIpc) is 2.83. The van der Waals surface area contributed by atoms with Crippen molar-refractivity contribution in [1.29, 1.82) is 0 Å². The summed E-state index contributed by atoms with van der Waals surface area (Å²) in [5, 5.41) is 2.95. The Bertz CT molecular complexity index is 313. The highest BCUT2D eigenvalue weighted by Crippen LogP contribution is 2.38. The van der Waals surface area contributed by atoms with Gasteiger partial charge in [-0.3, -0.25) is 4.79 Å². The zero-order chi connectivity index (χ0) is 14.3. The monoisotopic (exact) mass is 286 g/mol. The normalized spacial score (nSPS) is 17.6. The molecule has 0 radical (unpaired) electrons. The number of amides is 1. The minimum absolute atomic E-state index is 0.00126. The molecule has 3 N–H and O–H groups in total. The molecule has 110 valence electrons. The summed E-state index contributed by atoms with van der Waals surface area (Å²) in [5.74, 6) is 0.548. The largest absolute Gasteiger partial charge is 0.392 e. The minimum atomic E-state index is -0.589. The first-order valence-electron chi connectivity index (χ1n) is 7.15. The molecule has 0 aromatic carbocycles. The zero-order valence-electron chi connectivity index (χ0n) is 12.0. The Balaban J connectivity index is 2.25. The van der Waals surface area contributed by atoms with E-state index in [1.54, 1.807) is 0 Å². The van der Waals surface area contributed by atoms with Crippen LogP contribution in [0.4, 0.5) is 0 Å². The van der Waals surface area contributed by atoms with E-state index in [0.717, 1.165) is 38.7 Å². The third kappa shape index (κ3) is 4.73. The van der Waals surface area contributed by atoms with Crippen LogP contribution >= 0.6 is 12.2 Å². The molecule has 0 bridgehead atoms. The summed E-state index contributed by atoms with van der Waals surface area (Å²) in [6.07, 6.45) is 4.46. The number of carbonyl (C=O) groups excluding carboxylic acids is 1. The van der Waals surface area contributed by atoms with E-state index in [1.807, 2.05) is 0 Å². The molecule has 19 heavy (non-hydrogen) atoms. The van der Waals surface area contributed by atoms with Gasteiger partial charge in [-0.1, -0.05) is 38.9 Å². The van der Waals surface area contributed by atoms with Crippen molar-refractivity contribution < 1.29 is 9.53 Å². The Morgan fingerprint density at radius 2 is 2.05 bits per heavy atom. The van der Waals surface area contributed by atoms with Gasteiger partial charge in [-0.25, -0.2) is 0 Å². The van der Waals surface area contributed by atoms with Crippen LogP contribution in [0.5, 0.6) is 0 Å². The second kappa shape index (κ2) is 7.80. The Kier molecular flexibility index (Phi) is 6.72. The highest BCUT2D eigenvalue weighted by atomic mass is 32.1. The van der Waals surface area contributed by atoms with Crippen molar-refractivity contribution in [2.75, 3.05) is 19.8 Å². The molecule has 0 unspecified atom stereocenters. The lowest BCUT2D eigenvalue weighted by Crippen LogP contribution is -2.47. The maximum absolute atomic E-state index is 12.2. The van der Waals surface area contributed by atoms with E-state index in [1.165, 1.54) is 0 Å². The second-order valence-corrected chi connectivity index (χ2v) is 6.17. The van der Waals surface area contributed by atoms with Gasteiger partial charge in [0.2, 0.25) is 5.91 Å². The van der Waals surface area contributed by atoms with Crippen LogP contribution in [0.3, 0.4) is 0 Å².